The topological polar surface area (TPSA) is 66.6 Å². The lowest BCUT2D eigenvalue weighted by Gasteiger charge is -2.24. The van der Waals surface area contributed by atoms with Gasteiger partial charge in [0.1, 0.15) is 0 Å². The molecule has 1 aliphatic rings. The highest BCUT2D eigenvalue weighted by atomic mass is 32.2. The Labute approximate surface area is 86.0 Å². The van der Waals surface area contributed by atoms with Gasteiger partial charge in [-0.25, -0.2) is 0 Å². The van der Waals surface area contributed by atoms with Gasteiger partial charge in [-0.15, -0.1) is 0 Å². The molecule has 1 fully saturated rings. The Hall–Kier alpha value is -0.170. The van der Waals surface area contributed by atoms with Crippen LogP contribution in [0, 0.1) is 0 Å². The van der Waals surface area contributed by atoms with Gasteiger partial charge in [0.2, 0.25) is 0 Å². The third-order valence-corrected chi connectivity index (χ3v) is 4.29. The van der Waals surface area contributed by atoms with E-state index in [1.807, 2.05) is 0 Å². The van der Waals surface area contributed by atoms with Crippen molar-refractivity contribution in [3.63, 3.8) is 0 Å². The zero-order chi connectivity index (χ0) is 10.8. The van der Waals surface area contributed by atoms with Crippen molar-refractivity contribution in [2.24, 2.45) is 5.73 Å². The van der Waals surface area contributed by atoms with Gasteiger partial charge in [0.15, 0.2) is 0 Å². The first-order chi connectivity index (χ1) is 6.50. The number of hydrogen-bond acceptors (Lipinski definition) is 3. The van der Waals surface area contributed by atoms with Gasteiger partial charge in [0.25, 0.3) is 10.2 Å². The molecule has 6 heteroatoms. The van der Waals surface area contributed by atoms with Gasteiger partial charge in [-0.05, 0) is 25.8 Å². The van der Waals surface area contributed by atoms with E-state index in [1.54, 1.807) is 18.4 Å². The number of rotatable bonds is 6. The van der Waals surface area contributed by atoms with E-state index in [4.69, 9.17) is 5.73 Å². The van der Waals surface area contributed by atoms with Crippen LogP contribution in [0.25, 0.3) is 0 Å². The Morgan fingerprint density at radius 1 is 1.36 bits per heavy atom. The summed E-state index contributed by atoms with van der Waals surface area (Å²) >= 11 is 0. The van der Waals surface area contributed by atoms with Crippen molar-refractivity contribution in [2.45, 2.75) is 25.3 Å². The molecule has 0 aromatic rings. The largest absolute Gasteiger partial charge is 0.330 e. The van der Waals surface area contributed by atoms with Crippen molar-refractivity contribution in [2.75, 3.05) is 27.2 Å². The first kappa shape index (κ1) is 11.9. The van der Waals surface area contributed by atoms with Crippen LogP contribution in [0.2, 0.25) is 0 Å². The van der Waals surface area contributed by atoms with E-state index in [0.717, 1.165) is 19.3 Å². The summed E-state index contributed by atoms with van der Waals surface area (Å²) in [4.78, 5) is 0. The van der Waals surface area contributed by atoms with Crippen LogP contribution in [-0.4, -0.2) is 50.3 Å². The maximum absolute atomic E-state index is 11.8. The zero-order valence-corrected chi connectivity index (χ0v) is 9.63. The molecule has 0 atom stereocenters. The Morgan fingerprint density at radius 3 is 2.29 bits per heavy atom. The van der Waals surface area contributed by atoms with Crippen molar-refractivity contribution < 1.29 is 8.42 Å². The molecule has 0 radical (unpaired) electrons. The van der Waals surface area contributed by atoms with Crippen LogP contribution in [0.15, 0.2) is 0 Å². The van der Waals surface area contributed by atoms with Gasteiger partial charge in [-0.1, -0.05) is 0 Å². The predicted octanol–water partition coefficient (Wildman–Crippen LogP) is -0.394. The highest BCUT2D eigenvalue weighted by molar-refractivity contribution is 7.86. The third-order valence-electron chi connectivity index (χ3n) is 2.29. The van der Waals surface area contributed by atoms with Gasteiger partial charge in [0.05, 0.1) is 0 Å². The number of nitrogens with zero attached hydrogens (tertiary/aromatic N) is 2. The fourth-order valence-corrected chi connectivity index (χ4v) is 2.67. The molecule has 1 saturated carbocycles. The summed E-state index contributed by atoms with van der Waals surface area (Å²) in [6.07, 6.45) is 2.69. The molecule has 0 bridgehead atoms. The maximum atomic E-state index is 11.8. The second-order valence-corrected chi connectivity index (χ2v) is 5.87. The summed E-state index contributed by atoms with van der Waals surface area (Å²) in [7, 11) is -0.112. The average Bonchev–Trinajstić information content (AvgIpc) is 2.88. The molecule has 0 saturated heterocycles. The standard InChI is InChI=1S/C8H19N3O2S/c1-10(2)14(12,13)11(7-3-6-9)8-4-5-8/h8H,3-7,9H2,1-2H3. The predicted molar refractivity (Wildman–Crippen MR) is 56.0 cm³/mol. The fraction of sp³-hybridized carbons (Fsp3) is 1.00. The second-order valence-electron chi connectivity index (χ2n) is 3.77. The van der Waals surface area contributed by atoms with Gasteiger partial charge in [-0.3, -0.25) is 0 Å². The Bertz CT molecular complexity index is 272. The van der Waals surface area contributed by atoms with Crippen molar-refractivity contribution in [3.8, 4) is 0 Å². The molecular formula is C8H19N3O2S. The van der Waals surface area contributed by atoms with E-state index < -0.39 is 10.2 Å². The lowest BCUT2D eigenvalue weighted by Crippen LogP contribution is -2.42. The van der Waals surface area contributed by atoms with Crippen LogP contribution in [0.4, 0.5) is 0 Å². The van der Waals surface area contributed by atoms with Crippen LogP contribution in [0.5, 0.6) is 0 Å². The highest BCUT2D eigenvalue weighted by Crippen LogP contribution is 2.29. The molecule has 0 aromatic carbocycles. The smallest absolute Gasteiger partial charge is 0.281 e. The lowest BCUT2D eigenvalue weighted by atomic mass is 10.4. The minimum Gasteiger partial charge on any atom is -0.330 e. The molecule has 1 rings (SSSR count). The molecule has 0 aliphatic heterocycles. The first-order valence-electron chi connectivity index (χ1n) is 4.89. The monoisotopic (exact) mass is 221 g/mol. The normalized spacial score (nSPS) is 18.1. The minimum absolute atomic E-state index is 0.217. The van der Waals surface area contributed by atoms with Crippen LogP contribution in [0.1, 0.15) is 19.3 Å². The number of nitrogens with two attached hydrogens (primary N) is 1. The summed E-state index contributed by atoms with van der Waals surface area (Å²) in [5.41, 5.74) is 5.38. The average molecular weight is 221 g/mol. The Morgan fingerprint density at radius 2 is 1.93 bits per heavy atom. The Kier molecular flexibility index (Phi) is 3.88. The second kappa shape index (κ2) is 4.57. The van der Waals surface area contributed by atoms with E-state index in [9.17, 15) is 8.42 Å². The van der Waals surface area contributed by atoms with E-state index in [-0.39, 0.29) is 6.04 Å². The first-order valence-corrected chi connectivity index (χ1v) is 6.29. The molecule has 0 spiro atoms. The molecule has 0 unspecified atom stereocenters. The van der Waals surface area contributed by atoms with E-state index in [0.29, 0.717) is 13.1 Å². The molecule has 2 N–H and O–H groups in total. The summed E-state index contributed by atoms with van der Waals surface area (Å²) < 4.78 is 26.5. The molecule has 1 aliphatic carbocycles. The number of hydrogen-bond donors (Lipinski definition) is 1. The fourth-order valence-electron chi connectivity index (χ4n) is 1.31. The highest BCUT2D eigenvalue weighted by Gasteiger charge is 2.37. The van der Waals surface area contributed by atoms with Gasteiger partial charge >= 0.3 is 0 Å². The van der Waals surface area contributed by atoms with Crippen LogP contribution >= 0.6 is 0 Å². The summed E-state index contributed by atoms with van der Waals surface area (Å²) in [5.74, 6) is 0. The third kappa shape index (κ3) is 2.66. The zero-order valence-electron chi connectivity index (χ0n) is 8.81. The molecule has 14 heavy (non-hydrogen) atoms. The molecule has 0 aromatic heterocycles. The van der Waals surface area contributed by atoms with Crippen molar-refractivity contribution in [3.05, 3.63) is 0 Å². The Balaban J connectivity index is 2.66. The van der Waals surface area contributed by atoms with Crippen LogP contribution in [-0.2, 0) is 10.2 Å². The molecule has 84 valence electrons. The van der Waals surface area contributed by atoms with Gasteiger partial charge in [0, 0.05) is 26.7 Å². The van der Waals surface area contributed by atoms with Crippen molar-refractivity contribution in [1.29, 1.82) is 0 Å². The van der Waals surface area contributed by atoms with Gasteiger partial charge in [-0.2, -0.15) is 17.0 Å². The van der Waals surface area contributed by atoms with E-state index >= 15 is 0 Å². The maximum Gasteiger partial charge on any atom is 0.281 e. The van der Waals surface area contributed by atoms with E-state index in [2.05, 4.69) is 0 Å². The minimum atomic E-state index is -3.24. The van der Waals surface area contributed by atoms with Crippen molar-refractivity contribution in [1.82, 2.24) is 8.61 Å². The molecule has 0 amide bonds. The summed E-state index contributed by atoms with van der Waals surface area (Å²) in [6, 6.07) is 0.217. The van der Waals surface area contributed by atoms with Crippen molar-refractivity contribution >= 4 is 10.2 Å². The summed E-state index contributed by atoms with van der Waals surface area (Å²) in [5, 5.41) is 0. The van der Waals surface area contributed by atoms with Crippen LogP contribution < -0.4 is 5.73 Å². The summed E-state index contributed by atoms with van der Waals surface area (Å²) in [6.45, 7) is 1.08. The molecule has 0 heterocycles. The van der Waals surface area contributed by atoms with E-state index in [1.165, 1.54) is 4.31 Å². The van der Waals surface area contributed by atoms with Crippen LogP contribution in [0.3, 0.4) is 0 Å². The van der Waals surface area contributed by atoms with Gasteiger partial charge < -0.3 is 5.73 Å². The lowest BCUT2D eigenvalue weighted by molar-refractivity contribution is 0.365. The quantitative estimate of drug-likeness (QED) is 0.664. The molecule has 5 nitrogen and oxygen atoms in total. The SMILES string of the molecule is CN(C)S(=O)(=O)N(CCCN)C1CC1. The molecular weight excluding hydrogens is 202 g/mol.